The van der Waals surface area contributed by atoms with Gasteiger partial charge in [-0.2, -0.15) is 0 Å². The molecule has 0 atom stereocenters. The van der Waals surface area contributed by atoms with Crippen molar-refractivity contribution in [3.05, 3.63) is 84.6 Å². The molecule has 0 aliphatic rings. The van der Waals surface area contributed by atoms with Gasteiger partial charge in [0.25, 0.3) is 0 Å². The number of hydrogen-bond donors (Lipinski definition) is 0. The van der Waals surface area contributed by atoms with Crippen LogP contribution in [0.3, 0.4) is 0 Å². The van der Waals surface area contributed by atoms with Crippen LogP contribution in [0.4, 0.5) is 0 Å². The molecule has 1 aromatic heterocycles. The van der Waals surface area contributed by atoms with Gasteiger partial charge in [-0.15, -0.1) is 0 Å². The van der Waals surface area contributed by atoms with Crippen LogP contribution in [-0.2, 0) is 0 Å². The number of nitrogens with zero attached hydrogens (tertiary/aromatic N) is 1. The Balaban J connectivity index is 1.84. The fourth-order valence-electron chi connectivity index (χ4n) is 4.55. The molecular formula is C29H29GeN. The van der Waals surface area contributed by atoms with Crippen LogP contribution in [0.25, 0.3) is 43.6 Å². The van der Waals surface area contributed by atoms with E-state index < -0.39 is 13.3 Å². The van der Waals surface area contributed by atoms with Gasteiger partial charge >= 0.3 is 188 Å². The van der Waals surface area contributed by atoms with Gasteiger partial charge in [0.1, 0.15) is 0 Å². The van der Waals surface area contributed by atoms with Crippen LogP contribution in [0.5, 0.6) is 0 Å². The van der Waals surface area contributed by atoms with E-state index in [4.69, 9.17) is 4.98 Å². The average Bonchev–Trinajstić information content (AvgIpc) is 2.78. The van der Waals surface area contributed by atoms with E-state index in [1.165, 1.54) is 43.4 Å². The minimum absolute atomic E-state index is 0.494. The Hall–Kier alpha value is -2.65. The van der Waals surface area contributed by atoms with Gasteiger partial charge in [0, 0.05) is 0 Å². The molecule has 5 aromatic rings. The number of aromatic nitrogens is 1. The third-order valence-electron chi connectivity index (χ3n) is 6.45. The van der Waals surface area contributed by atoms with Crippen molar-refractivity contribution in [2.24, 2.45) is 0 Å². The molecular weight excluding hydrogens is 435 g/mol. The fourth-order valence-corrected chi connectivity index (χ4v) is 6.98. The SMILES string of the molecule is CC(C)c1ccnc(-c2ccc3c4ccccc4c4c[c]([Ge]([CH3])([CH3])[CH3])ccc4c3c2)c1. The van der Waals surface area contributed by atoms with Crippen LogP contribution in [0.1, 0.15) is 25.3 Å². The molecule has 0 saturated heterocycles. The second-order valence-electron chi connectivity index (χ2n) is 9.95. The van der Waals surface area contributed by atoms with Crippen molar-refractivity contribution >= 4 is 50.0 Å². The van der Waals surface area contributed by atoms with Crippen molar-refractivity contribution in [1.82, 2.24) is 4.98 Å². The number of hydrogen-bond acceptors (Lipinski definition) is 1. The van der Waals surface area contributed by atoms with Crippen molar-refractivity contribution in [1.29, 1.82) is 0 Å². The Bertz CT molecular complexity index is 1440. The van der Waals surface area contributed by atoms with Crippen LogP contribution in [-0.4, -0.2) is 18.3 Å². The first-order valence-electron chi connectivity index (χ1n) is 11.2. The van der Waals surface area contributed by atoms with Gasteiger partial charge in [-0.1, -0.05) is 0 Å². The topological polar surface area (TPSA) is 12.9 Å². The van der Waals surface area contributed by atoms with Gasteiger partial charge in [-0.05, 0) is 0 Å². The summed E-state index contributed by atoms with van der Waals surface area (Å²) in [4.78, 5) is 4.70. The van der Waals surface area contributed by atoms with Crippen LogP contribution in [0, 0.1) is 0 Å². The molecule has 0 amide bonds. The number of benzene rings is 4. The quantitative estimate of drug-likeness (QED) is 0.196. The monoisotopic (exact) mass is 465 g/mol. The van der Waals surface area contributed by atoms with Crippen LogP contribution in [0.2, 0.25) is 17.3 Å². The van der Waals surface area contributed by atoms with E-state index in [9.17, 15) is 0 Å². The summed E-state index contributed by atoms with van der Waals surface area (Å²) in [5.41, 5.74) is 3.56. The Morgan fingerprint density at radius 2 is 1.26 bits per heavy atom. The average molecular weight is 464 g/mol. The maximum atomic E-state index is 4.70. The van der Waals surface area contributed by atoms with Gasteiger partial charge in [0.2, 0.25) is 0 Å². The van der Waals surface area contributed by atoms with E-state index in [0.29, 0.717) is 5.92 Å². The Kier molecular flexibility index (Phi) is 4.90. The summed E-state index contributed by atoms with van der Waals surface area (Å²) in [7, 11) is 0. The summed E-state index contributed by atoms with van der Waals surface area (Å²) in [6.07, 6.45) is 1.94. The van der Waals surface area contributed by atoms with Crippen LogP contribution < -0.4 is 4.40 Å². The van der Waals surface area contributed by atoms with Crippen molar-refractivity contribution in [2.45, 2.75) is 37.0 Å². The molecule has 0 fully saturated rings. The first-order valence-corrected chi connectivity index (χ1v) is 18.5. The molecule has 0 unspecified atom stereocenters. The maximum absolute atomic E-state index is 4.70. The summed E-state index contributed by atoms with van der Waals surface area (Å²) in [6, 6.07) is 27.3. The second kappa shape index (κ2) is 7.49. The first kappa shape index (κ1) is 20.3. The zero-order valence-electron chi connectivity index (χ0n) is 19.0. The first-order chi connectivity index (χ1) is 14.8. The molecule has 5 rings (SSSR count). The molecule has 0 aliphatic carbocycles. The molecule has 4 aromatic carbocycles. The predicted octanol–water partition coefficient (Wildman–Crippen LogP) is 7.88. The fraction of sp³-hybridized carbons (Fsp3) is 0.207. The summed E-state index contributed by atoms with van der Waals surface area (Å²) < 4.78 is 1.56. The molecule has 0 N–H and O–H groups in total. The van der Waals surface area contributed by atoms with E-state index in [1.54, 1.807) is 4.40 Å². The third-order valence-corrected chi connectivity index (χ3v) is 10.7. The van der Waals surface area contributed by atoms with Gasteiger partial charge < -0.3 is 0 Å². The molecule has 2 heteroatoms. The molecule has 1 heterocycles. The van der Waals surface area contributed by atoms with Gasteiger partial charge in [-0.25, -0.2) is 0 Å². The summed E-state index contributed by atoms with van der Waals surface area (Å²) in [5, 5.41) is 8.03. The number of pyridine rings is 1. The Labute approximate surface area is 187 Å². The summed E-state index contributed by atoms with van der Waals surface area (Å²) in [5.74, 6) is 7.90. The number of rotatable bonds is 3. The van der Waals surface area contributed by atoms with E-state index in [-0.39, 0.29) is 0 Å². The molecule has 0 spiro atoms. The molecule has 154 valence electrons. The molecule has 0 saturated carbocycles. The van der Waals surface area contributed by atoms with Crippen molar-refractivity contribution < 1.29 is 0 Å². The van der Waals surface area contributed by atoms with E-state index >= 15 is 0 Å². The molecule has 0 aliphatic heterocycles. The zero-order chi connectivity index (χ0) is 21.8. The van der Waals surface area contributed by atoms with Gasteiger partial charge in [0.15, 0.2) is 0 Å². The molecule has 0 radical (unpaired) electrons. The van der Waals surface area contributed by atoms with Crippen molar-refractivity contribution in [2.75, 3.05) is 0 Å². The number of fused-ring (bicyclic) bond motifs is 6. The molecule has 1 nitrogen and oxygen atoms in total. The van der Waals surface area contributed by atoms with E-state index in [0.717, 1.165) is 5.69 Å². The normalized spacial score (nSPS) is 12.3. The Morgan fingerprint density at radius 3 is 1.97 bits per heavy atom. The summed E-state index contributed by atoms with van der Waals surface area (Å²) >= 11 is -1.93. The zero-order valence-corrected chi connectivity index (χ0v) is 21.1. The van der Waals surface area contributed by atoms with Crippen molar-refractivity contribution in [3.63, 3.8) is 0 Å². The Morgan fingerprint density at radius 1 is 0.645 bits per heavy atom. The minimum atomic E-state index is -1.93. The second-order valence-corrected chi connectivity index (χ2v) is 20.6. The van der Waals surface area contributed by atoms with Crippen LogP contribution in [0.15, 0.2) is 79.0 Å². The molecule has 0 bridgehead atoms. The van der Waals surface area contributed by atoms with Gasteiger partial charge in [-0.3, -0.25) is 0 Å². The van der Waals surface area contributed by atoms with Crippen molar-refractivity contribution in [3.8, 4) is 11.3 Å². The van der Waals surface area contributed by atoms with Gasteiger partial charge in [0.05, 0.1) is 0 Å². The summed E-state index contributed by atoms with van der Waals surface area (Å²) in [6.45, 7) is 4.47. The predicted molar refractivity (Wildman–Crippen MR) is 139 cm³/mol. The third kappa shape index (κ3) is 3.55. The standard InChI is InChI=1S/C29H29GeN/c1-19(2)20-14-15-31-29(17-20)21-10-12-25-23-8-6-7-9-24(23)28-18-22(30(3,4)5)11-13-26(28)27(25)16-21/h6-19H,1-5H3. The van der Waals surface area contributed by atoms with E-state index in [1.807, 2.05) is 6.20 Å². The molecule has 31 heavy (non-hydrogen) atoms. The van der Waals surface area contributed by atoms with Crippen LogP contribution >= 0.6 is 0 Å². The van der Waals surface area contributed by atoms with E-state index in [2.05, 4.69) is 104 Å².